The van der Waals surface area contributed by atoms with E-state index in [0.29, 0.717) is 5.02 Å². The molecule has 0 aromatic heterocycles. The molecule has 0 amide bonds. The van der Waals surface area contributed by atoms with Gasteiger partial charge in [0, 0.05) is 10.5 Å². The summed E-state index contributed by atoms with van der Waals surface area (Å²) in [7, 11) is -0.500. The minimum absolute atomic E-state index is 0.127. The molecule has 1 saturated heterocycles. The van der Waals surface area contributed by atoms with Gasteiger partial charge in [-0.2, -0.15) is 0 Å². The first-order valence-corrected chi connectivity index (χ1v) is 8.39. The van der Waals surface area contributed by atoms with Crippen molar-refractivity contribution < 1.29 is 18.8 Å². The maximum Gasteiger partial charge on any atom is 0.496 e. The van der Waals surface area contributed by atoms with Crippen LogP contribution in [0.15, 0.2) is 18.2 Å². The molecule has 0 spiro atoms. The van der Waals surface area contributed by atoms with Crippen molar-refractivity contribution in [2.75, 3.05) is 0 Å². The summed E-state index contributed by atoms with van der Waals surface area (Å²) in [4.78, 5) is 11.8. The second-order valence-electron chi connectivity index (χ2n) is 7.31. The molecule has 1 aromatic rings. The molecule has 2 fully saturated rings. The first-order chi connectivity index (χ1) is 10.7. The summed E-state index contributed by atoms with van der Waals surface area (Å²) >= 11 is 6.39. The van der Waals surface area contributed by atoms with Crippen molar-refractivity contribution in [1.82, 2.24) is 0 Å². The van der Waals surface area contributed by atoms with E-state index in [1.807, 2.05) is 39.8 Å². The lowest BCUT2D eigenvalue weighted by atomic mass is 9.78. The lowest BCUT2D eigenvalue weighted by Crippen LogP contribution is -2.41. The van der Waals surface area contributed by atoms with Crippen LogP contribution < -0.4 is 5.46 Å². The molecule has 0 atom stereocenters. The summed E-state index contributed by atoms with van der Waals surface area (Å²) in [6, 6.07) is 5.53. The summed E-state index contributed by atoms with van der Waals surface area (Å²) in [5.74, 6) is -0.202. The topological polar surface area (TPSA) is 44.8 Å². The Morgan fingerprint density at radius 3 is 2.39 bits per heavy atom. The van der Waals surface area contributed by atoms with Crippen LogP contribution in [0, 0.1) is 0 Å². The van der Waals surface area contributed by atoms with Gasteiger partial charge in [0.15, 0.2) is 0 Å². The highest BCUT2D eigenvalue weighted by Crippen LogP contribution is 2.37. The molecule has 1 aromatic carbocycles. The number of halogens is 1. The second-order valence-corrected chi connectivity index (χ2v) is 7.72. The Morgan fingerprint density at radius 2 is 1.87 bits per heavy atom. The maximum atomic E-state index is 11.8. The van der Waals surface area contributed by atoms with Crippen LogP contribution in [-0.2, 0) is 25.3 Å². The van der Waals surface area contributed by atoms with E-state index in [-0.39, 0.29) is 18.5 Å². The molecule has 0 unspecified atom stereocenters. The van der Waals surface area contributed by atoms with Crippen molar-refractivity contribution in [2.45, 2.75) is 64.3 Å². The van der Waals surface area contributed by atoms with Gasteiger partial charge in [-0.1, -0.05) is 23.7 Å². The fourth-order valence-corrected chi connectivity index (χ4v) is 2.71. The average Bonchev–Trinajstić information content (AvgIpc) is 3.17. The van der Waals surface area contributed by atoms with Gasteiger partial charge in [0.2, 0.25) is 0 Å². The summed E-state index contributed by atoms with van der Waals surface area (Å²) in [5, 5.41) is 0.542. The van der Waals surface area contributed by atoms with E-state index < -0.39 is 18.3 Å². The zero-order chi connectivity index (χ0) is 16.8. The highest BCUT2D eigenvalue weighted by molar-refractivity contribution is 6.65. The van der Waals surface area contributed by atoms with Crippen molar-refractivity contribution >= 4 is 30.2 Å². The molecule has 1 aliphatic heterocycles. The molecule has 4 nitrogen and oxygen atoms in total. The smallest absolute Gasteiger partial charge is 0.462 e. The Labute approximate surface area is 142 Å². The number of carbonyl (C=O) groups is 1. The van der Waals surface area contributed by atoms with Crippen LogP contribution in [0.5, 0.6) is 0 Å². The van der Waals surface area contributed by atoms with Crippen LogP contribution in [-0.4, -0.2) is 30.4 Å². The van der Waals surface area contributed by atoms with Crippen LogP contribution in [0.3, 0.4) is 0 Å². The largest absolute Gasteiger partial charge is 0.496 e. The third kappa shape index (κ3) is 3.57. The van der Waals surface area contributed by atoms with Gasteiger partial charge in [-0.25, -0.2) is 0 Å². The van der Waals surface area contributed by atoms with Crippen LogP contribution in [0.1, 0.15) is 46.1 Å². The SMILES string of the molecule is CC1(C)OB(c2ccc(CC(=O)OC3CC3)cc2Cl)OC1(C)C. The quantitative estimate of drug-likeness (QED) is 0.626. The fraction of sp³-hybridized carbons (Fsp3) is 0.588. The van der Waals surface area contributed by atoms with E-state index in [4.69, 9.17) is 25.6 Å². The number of carbonyl (C=O) groups excluding carboxylic acids is 1. The fourth-order valence-electron chi connectivity index (χ4n) is 2.42. The van der Waals surface area contributed by atoms with Crippen LogP contribution in [0.25, 0.3) is 0 Å². The molecular weight excluding hydrogens is 314 g/mol. The predicted octanol–water partition coefficient (Wildman–Crippen LogP) is 2.89. The molecule has 124 valence electrons. The first-order valence-electron chi connectivity index (χ1n) is 8.01. The Bertz CT molecular complexity index is 609. The van der Waals surface area contributed by atoms with Crippen molar-refractivity contribution in [1.29, 1.82) is 0 Å². The van der Waals surface area contributed by atoms with Crippen LogP contribution in [0.2, 0.25) is 5.02 Å². The lowest BCUT2D eigenvalue weighted by molar-refractivity contribution is -0.144. The van der Waals surface area contributed by atoms with Gasteiger partial charge in [0.1, 0.15) is 6.10 Å². The normalized spacial score (nSPS) is 22.2. The van der Waals surface area contributed by atoms with Crippen molar-refractivity contribution in [3.63, 3.8) is 0 Å². The number of hydrogen-bond donors (Lipinski definition) is 0. The Kier molecular flexibility index (Phi) is 4.24. The summed E-state index contributed by atoms with van der Waals surface area (Å²) in [6.45, 7) is 8.01. The van der Waals surface area contributed by atoms with Gasteiger partial charge >= 0.3 is 13.1 Å². The monoisotopic (exact) mass is 336 g/mol. The molecule has 1 aliphatic carbocycles. The Hall–Kier alpha value is -1.04. The standard InChI is InChI=1S/C17H22BClO4/c1-16(2)17(3,4)23-18(22-16)13-8-5-11(9-14(13)19)10-15(20)21-12-6-7-12/h5,8-9,12H,6-7,10H2,1-4H3. The molecule has 6 heteroatoms. The van der Waals surface area contributed by atoms with Crippen molar-refractivity contribution in [3.05, 3.63) is 28.8 Å². The molecule has 0 radical (unpaired) electrons. The zero-order valence-electron chi connectivity index (χ0n) is 14.0. The van der Waals surface area contributed by atoms with E-state index in [0.717, 1.165) is 23.9 Å². The number of esters is 1. The molecular formula is C17H22BClO4. The highest BCUT2D eigenvalue weighted by Gasteiger charge is 2.52. The number of ether oxygens (including phenoxy) is 1. The first kappa shape index (κ1) is 16.8. The molecule has 23 heavy (non-hydrogen) atoms. The lowest BCUT2D eigenvalue weighted by Gasteiger charge is -2.32. The van der Waals surface area contributed by atoms with E-state index in [9.17, 15) is 4.79 Å². The van der Waals surface area contributed by atoms with Crippen molar-refractivity contribution in [3.8, 4) is 0 Å². The molecule has 0 bridgehead atoms. The number of benzene rings is 1. The third-order valence-corrected chi connectivity index (χ3v) is 5.07. The van der Waals surface area contributed by atoms with E-state index in [1.54, 1.807) is 6.07 Å². The molecule has 3 rings (SSSR count). The minimum Gasteiger partial charge on any atom is -0.462 e. The average molecular weight is 337 g/mol. The zero-order valence-corrected chi connectivity index (χ0v) is 14.8. The molecule has 0 N–H and O–H groups in total. The minimum atomic E-state index is -0.500. The van der Waals surface area contributed by atoms with Crippen LogP contribution in [0.4, 0.5) is 0 Å². The summed E-state index contributed by atoms with van der Waals surface area (Å²) in [6.07, 6.45) is 2.32. The third-order valence-electron chi connectivity index (χ3n) is 4.74. The van der Waals surface area contributed by atoms with Gasteiger partial charge in [0.25, 0.3) is 0 Å². The van der Waals surface area contributed by atoms with Gasteiger partial charge in [-0.15, -0.1) is 0 Å². The molecule has 1 saturated carbocycles. The van der Waals surface area contributed by atoms with Gasteiger partial charge in [-0.05, 0) is 52.2 Å². The van der Waals surface area contributed by atoms with Crippen LogP contribution >= 0.6 is 11.6 Å². The maximum absolute atomic E-state index is 11.8. The van der Waals surface area contributed by atoms with Crippen molar-refractivity contribution in [2.24, 2.45) is 0 Å². The highest BCUT2D eigenvalue weighted by atomic mass is 35.5. The predicted molar refractivity (Wildman–Crippen MR) is 90.0 cm³/mol. The molecule has 1 heterocycles. The number of hydrogen-bond acceptors (Lipinski definition) is 4. The van der Waals surface area contributed by atoms with Gasteiger partial charge in [0.05, 0.1) is 17.6 Å². The Balaban J connectivity index is 1.71. The summed E-state index contributed by atoms with van der Waals surface area (Å²) in [5.41, 5.74) is 0.798. The van der Waals surface area contributed by atoms with Gasteiger partial charge < -0.3 is 14.0 Å². The van der Waals surface area contributed by atoms with E-state index in [1.165, 1.54) is 0 Å². The van der Waals surface area contributed by atoms with Gasteiger partial charge in [-0.3, -0.25) is 4.79 Å². The van der Waals surface area contributed by atoms with E-state index >= 15 is 0 Å². The summed E-state index contributed by atoms with van der Waals surface area (Å²) < 4.78 is 17.3. The Morgan fingerprint density at radius 1 is 1.26 bits per heavy atom. The second kappa shape index (κ2) is 5.80. The molecule has 2 aliphatic rings. The van der Waals surface area contributed by atoms with E-state index in [2.05, 4.69) is 0 Å². The number of rotatable bonds is 4.